The highest BCUT2D eigenvalue weighted by molar-refractivity contribution is 4.83. The lowest BCUT2D eigenvalue weighted by molar-refractivity contribution is 0.162. The fourth-order valence-corrected chi connectivity index (χ4v) is 2.20. The van der Waals surface area contributed by atoms with Crippen LogP contribution in [0.1, 0.15) is 39.5 Å². The van der Waals surface area contributed by atoms with Crippen LogP contribution in [0.5, 0.6) is 0 Å². The normalized spacial score (nSPS) is 28.8. The molecule has 0 aromatic rings. The van der Waals surface area contributed by atoms with E-state index in [2.05, 4.69) is 24.8 Å². The maximum Gasteiger partial charge on any atom is 0.0868 e. The largest absolute Gasteiger partial charge is 0.288 e. The highest BCUT2D eigenvalue weighted by atomic mass is 15.1. The van der Waals surface area contributed by atoms with Gasteiger partial charge in [-0.2, -0.15) is 5.26 Å². The van der Waals surface area contributed by atoms with Crippen LogP contribution in [0.25, 0.3) is 0 Å². The van der Waals surface area contributed by atoms with Crippen molar-refractivity contribution >= 4 is 0 Å². The molecule has 0 aliphatic heterocycles. The summed E-state index contributed by atoms with van der Waals surface area (Å²) in [7, 11) is 0. The van der Waals surface area contributed by atoms with Crippen molar-refractivity contribution in [3.05, 3.63) is 0 Å². The topological polar surface area (TPSA) is 27.0 Å². The van der Waals surface area contributed by atoms with E-state index in [1.807, 2.05) is 0 Å². The Morgan fingerprint density at radius 2 is 1.92 bits per heavy atom. The summed E-state index contributed by atoms with van der Waals surface area (Å²) in [6, 6.07) is 2.93. The molecule has 0 aromatic carbocycles. The van der Waals surface area contributed by atoms with Crippen molar-refractivity contribution in [3.63, 3.8) is 0 Å². The molecule has 0 atom stereocenters. The molecule has 1 saturated carbocycles. The van der Waals surface area contributed by atoms with Crippen molar-refractivity contribution in [2.24, 2.45) is 5.92 Å². The van der Waals surface area contributed by atoms with Crippen LogP contribution in [-0.2, 0) is 0 Å². The van der Waals surface area contributed by atoms with Gasteiger partial charge in [-0.05, 0) is 38.1 Å². The van der Waals surface area contributed by atoms with Crippen molar-refractivity contribution in [1.29, 1.82) is 5.26 Å². The average Bonchev–Trinajstić information content (AvgIpc) is 2.16. The Labute approximate surface area is 81.5 Å². The molecule has 0 spiro atoms. The first-order valence-corrected chi connectivity index (χ1v) is 5.39. The molecule has 1 aliphatic rings. The first-order chi connectivity index (χ1) is 6.27. The van der Waals surface area contributed by atoms with E-state index in [-0.39, 0.29) is 0 Å². The van der Waals surface area contributed by atoms with Gasteiger partial charge in [0, 0.05) is 6.04 Å². The lowest BCUT2D eigenvalue weighted by atomic mass is 9.86. The molecule has 0 radical (unpaired) electrons. The Morgan fingerprint density at radius 1 is 1.31 bits per heavy atom. The quantitative estimate of drug-likeness (QED) is 0.624. The van der Waals surface area contributed by atoms with Crippen LogP contribution in [0.4, 0.5) is 0 Å². The Hall–Kier alpha value is -0.550. The van der Waals surface area contributed by atoms with Crippen LogP contribution in [0.3, 0.4) is 0 Å². The Kier molecular flexibility index (Phi) is 4.24. The van der Waals surface area contributed by atoms with Gasteiger partial charge in [-0.1, -0.05) is 13.8 Å². The molecule has 0 unspecified atom stereocenters. The van der Waals surface area contributed by atoms with Crippen molar-refractivity contribution in [2.45, 2.75) is 45.6 Å². The summed E-state index contributed by atoms with van der Waals surface area (Å²) in [4.78, 5) is 2.31. The first kappa shape index (κ1) is 10.5. The Morgan fingerprint density at radius 3 is 2.38 bits per heavy atom. The van der Waals surface area contributed by atoms with E-state index >= 15 is 0 Å². The highest BCUT2D eigenvalue weighted by Crippen LogP contribution is 2.26. The summed E-state index contributed by atoms with van der Waals surface area (Å²) in [6.07, 6.45) is 5.26. The molecule has 0 bridgehead atoms. The molecule has 0 aromatic heterocycles. The average molecular weight is 180 g/mol. The molecule has 1 rings (SSSR count). The van der Waals surface area contributed by atoms with Gasteiger partial charge >= 0.3 is 0 Å². The molecule has 13 heavy (non-hydrogen) atoms. The van der Waals surface area contributed by atoms with E-state index < -0.39 is 0 Å². The van der Waals surface area contributed by atoms with Gasteiger partial charge in [0.2, 0.25) is 0 Å². The smallest absolute Gasteiger partial charge is 0.0868 e. The Balaban J connectivity index is 2.37. The molecule has 0 saturated heterocycles. The van der Waals surface area contributed by atoms with E-state index in [4.69, 9.17) is 5.26 Å². The standard InChI is InChI=1S/C11H20N2/c1-3-13(9-8-12)11-6-4-10(2)5-7-11/h10-11H,3-7,9H2,1-2H3. The van der Waals surface area contributed by atoms with E-state index in [9.17, 15) is 0 Å². The second-order valence-corrected chi connectivity index (χ2v) is 4.13. The van der Waals surface area contributed by atoms with Crippen molar-refractivity contribution < 1.29 is 0 Å². The molecule has 1 aliphatic carbocycles. The van der Waals surface area contributed by atoms with E-state index in [0.29, 0.717) is 12.6 Å². The van der Waals surface area contributed by atoms with Gasteiger partial charge in [0.1, 0.15) is 0 Å². The van der Waals surface area contributed by atoms with E-state index in [1.54, 1.807) is 0 Å². The fraction of sp³-hybridized carbons (Fsp3) is 0.909. The van der Waals surface area contributed by atoms with E-state index in [1.165, 1.54) is 25.7 Å². The molecule has 0 heterocycles. The minimum atomic E-state index is 0.607. The maximum absolute atomic E-state index is 8.66. The third-order valence-corrected chi connectivity index (χ3v) is 3.18. The van der Waals surface area contributed by atoms with Crippen molar-refractivity contribution in [1.82, 2.24) is 4.90 Å². The monoisotopic (exact) mass is 180 g/mol. The third kappa shape index (κ3) is 3.00. The third-order valence-electron chi connectivity index (χ3n) is 3.18. The zero-order valence-electron chi connectivity index (χ0n) is 8.79. The van der Waals surface area contributed by atoms with Gasteiger partial charge in [-0.3, -0.25) is 4.90 Å². The number of nitriles is 1. The maximum atomic E-state index is 8.66. The molecular formula is C11H20N2. The molecule has 1 fully saturated rings. The molecule has 2 nitrogen and oxygen atoms in total. The fourth-order valence-electron chi connectivity index (χ4n) is 2.20. The van der Waals surface area contributed by atoms with Crippen LogP contribution in [0, 0.1) is 17.2 Å². The molecular weight excluding hydrogens is 160 g/mol. The minimum Gasteiger partial charge on any atom is -0.288 e. The number of hydrogen-bond donors (Lipinski definition) is 0. The number of hydrogen-bond acceptors (Lipinski definition) is 2. The van der Waals surface area contributed by atoms with Gasteiger partial charge in [-0.15, -0.1) is 0 Å². The number of nitrogens with zero attached hydrogens (tertiary/aromatic N) is 2. The summed E-state index contributed by atoms with van der Waals surface area (Å²) in [5.41, 5.74) is 0. The molecule has 0 N–H and O–H groups in total. The summed E-state index contributed by atoms with van der Waals surface area (Å²) >= 11 is 0. The van der Waals surface area contributed by atoms with Gasteiger partial charge in [0.15, 0.2) is 0 Å². The van der Waals surface area contributed by atoms with Crippen LogP contribution in [0.15, 0.2) is 0 Å². The summed E-state index contributed by atoms with van der Waals surface area (Å²) in [6.45, 7) is 6.11. The minimum absolute atomic E-state index is 0.607. The van der Waals surface area contributed by atoms with Gasteiger partial charge in [0.05, 0.1) is 12.6 Å². The van der Waals surface area contributed by atoms with Crippen LogP contribution in [0.2, 0.25) is 0 Å². The lowest BCUT2D eigenvalue weighted by Crippen LogP contribution is -2.37. The van der Waals surface area contributed by atoms with Gasteiger partial charge in [-0.25, -0.2) is 0 Å². The second-order valence-electron chi connectivity index (χ2n) is 4.13. The first-order valence-electron chi connectivity index (χ1n) is 5.39. The summed E-state index contributed by atoms with van der Waals surface area (Å²) in [5, 5.41) is 8.66. The SMILES string of the molecule is CCN(CC#N)C1CCC(C)CC1. The lowest BCUT2D eigenvalue weighted by Gasteiger charge is -2.33. The van der Waals surface area contributed by atoms with Crippen LogP contribution >= 0.6 is 0 Å². The molecule has 0 amide bonds. The predicted octanol–water partition coefficient (Wildman–Crippen LogP) is 2.41. The number of rotatable bonds is 3. The molecule has 2 heteroatoms. The summed E-state index contributed by atoms with van der Waals surface area (Å²) < 4.78 is 0. The van der Waals surface area contributed by atoms with Gasteiger partial charge < -0.3 is 0 Å². The van der Waals surface area contributed by atoms with Crippen molar-refractivity contribution in [2.75, 3.05) is 13.1 Å². The zero-order valence-corrected chi connectivity index (χ0v) is 8.79. The highest BCUT2D eigenvalue weighted by Gasteiger charge is 2.22. The summed E-state index contributed by atoms with van der Waals surface area (Å²) in [5.74, 6) is 0.900. The van der Waals surface area contributed by atoms with Crippen molar-refractivity contribution in [3.8, 4) is 6.07 Å². The van der Waals surface area contributed by atoms with Crippen LogP contribution in [-0.4, -0.2) is 24.0 Å². The van der Waals surface area contributed by atoms with Crippen LogP contribution < -0.4 is 0 Å². The second kappa shape index (κ2) is 5.24. The van der Waals surface area contributed by atoms with Gasteiger partial charge in [0.25, 0.3) is 0 Å². The van der Waals surface area contributed by atoms with E-state index in [0.717, 1.165) is 12.5 Å². The Bertz CT molecular complexity index is 175. The predicted molar refractivity (Wildman–Crippen MR) is 54.3 cm³/mol. The zero-order chi connectivity index (χ0) is 9.68. The molecule has 74 valence electrons.